The van der Waals surface area contributed by atoms with E-state index in [9.17, 15) is 9.90 Å². The highest BCUT2D eigenvalue weighted by atomic mass is 16.3. The summed E-state index contributed by atoms with van der Waals surface area (Å²) in [6.45, 7) is 5.84. The van der Waals surface area contributed by atoms with E-state index in [4.69, 9.17) is 0 Å². The molecule has 0 aliphatic carbocycles. The molecule has 2 N–H and O–H groups in total. The van der Waals surface area contributed by atoms with Gasteiger partial charge in [0.1, 0.15) is 0 Å². The van der Waals surface area contributed by atoms with Gasteiger partial charge in [-0.05, 0) is 24.5 Å². The normalized spacial score (nSPS) is 14.4. The van der Waals surface area contributed by atoms with Crippen LogP contribution in [0.1, 0.15) is 26.3 Å². The van der Waals surface area contributed by atoms with Crippen LogP contribution >= 0.6 is 0 Å². The van der Waals surface area contributed by atoms with Crippen LogP contribution < -0.4 is 5.32 Å². The van der Waals surface area contributed by atoms with E-state index in [1.54, 1.807) is 25.4 Å². The van der Waals surface area contributed by atoms with Gasteiger partial charge in [-0.3, -0.25) is 9.78 Å². The summed E-state index contributed by atoms with van der Waals surface area (Å²) in [6.07, 6.45) is 3.63. The van der Waals surface area contributed by atoms with E-state index in [2.05, 4.69) is 10.3 Å². The van der Waals surface area contributed by atoms with E-state index in [1.165, 1.54) is 0 Å². The predicted molar refractivity (Wildman–Crippen MR) is 66.4 cm³/mol. The Kier molecular flexibility index (Phi) is 4.63. The summed E-state index contributed by atoms with van der Waals surface area (Å²) >= 11 is 0. The lowest BCUT2D eigenvalue weighted by atomic mass is 9.92. The van der Waals surface area contributed by atoms with Crippen LogP contribution in [0.5, 0.6) is 0 Å². The summed E-state index contributed by atoms with van der Waals surface area (Å²) in [6, 6.07) is 3.65. The van der Waals surface area contributed by atoms with Crippen molar-refractivity contribution in [1.29, 1.82) is 0 Å². The molecule has 1 heterocycles. The van der Waals surface area contributed by atoms with Crippen LogP contribution in [-0.4, -0.2) is 28.1 Å². The van der Waals surface area contributed by atoms with Gasteiger partial charge < -0.3 is 10.4 Å². The first-order valence-corrected chi connectivity index (χ1v) is 5.80. The predicted octanol–water partition coefficient (Wildman–Crippen LogP) is 1.15. The average Bonchev–Trinajstić information content (AvgIpc) is 2.28. The van der Waals surface area contributed by atoms with Gasteiger partial charge in [-0.2, -0.15) is 0 Å². The Morgan fingerprint density at radius 1 is 1.59 bits per heavy atom. The van der Waals surface area contributed by atoms with E-state index in [0.717, 1.165) is 5.56 Å². The molecule has 1 atom stereocenters. The lowest BCUT2D eigenvalue weighted by Crippen LogP contribution is -2.44. The fourth-order valence-corrected chi connectivity index (χ4v) is 1.23. The molecule has 0 saturated carbocycles. The smallest absolute Gasteiger partial charge is 0.224 e. The monoisotopic (exact) mass is 236 g/mol. The highest BCUT2D eigenvalue weighted by molar-refractivity contribution is 5.78. The van der Waals surface area contributed by atoms with Crippen molar-refractivity contribution in [1.82, 2.24) is 10.3 Å². The van der Waals surface area contributed by atoms with Crippen LogP contribution in [0.25, 0.3) is 0 Å². The molecule has 1 amide bonds. The molecule has 0 aromatic carbocycles. The van der Waals surface area contributed by atoms with Crippen LogP contribution in [0.15, 0.2) is 24.5 Å². The second-order valence-corrected chi connectivity index (χ2v) is 4.83. The van der Waals surface area contributed by atoms with Crippen molar-refractivity contribution in [3.63, 3.8) is 0 Å². The number of carbonyl (C=O) groups excluding carboxylic acids is 1. The standard InChI is InChI=1S/C13H20N2O2/c1-10(2)13(3,17)9-15-12(16)7-11-5-4-6-14-8-11/h4-6,8,10,17H,7,9H2,1-3H3,(H,15,16). The second kappa shape index (κ2) is 5.77. The van der Waals surface area contributed by atoms with E-state index in [0.29, 0.717) is 6.42 Å². The molecule has 1 aromatic heterocycles. The topological polar surface area (TPSA) is 62.2 Å². The van der Waals surface area contributed by atoms with E-state index in [-0.39, 0.29) is 18.4 Å². The molecule has 0 radical (unpaired) electrons. The van der Waals surface area contributed by atoms with Crippen molar-refractivity contribution in [2.24, 2.45) is 5.92 Å². The van der Waals surface area contributed by atoms with Crippen molar-refractivity contribution in [3.05, 3.63) is 30.1 Å². The van der Waals surface area contributed by atoms with Crippen LogP contribution in [0.2, 0.25) is 0 Å². The summed E-state index contributed by atoms with van der Waals surface area (Å²) in [7, 11) is 0. The minimum atomic E-state index is -0.870. The molecule has 0 aliphatic heterocycles. The lowest BCUT2D eigenvalue weighted by Gasteiger charge is -2.27. The van der Waals surface area contributed by atoms with Crippen LogP contribution in [-0.2, 0) is 11.2 Å². The summed E-state index contributed by atoms with van der Waals surface area (Å²) in [5.74, 6) is 0.000108. The van der Waals surface area contributed by atoms with Crippen molar-refractivity contribution in [3.8, 4) is 0 Å². The highest BCUT2D eigenvalue weighted by Crippen LogP contribution is 2.14. The minimum absolute atomic E-state index is 0.0982. The SMILES string of the molecule is CC(C)C(C)(O)CNC(=O)Cc1cccnc1. The summed E-state index contributed by atoms with van der Waals surface area (Å²) in [4.78, 5) is 15.6. The van der Waals surface area contributed by atoms with E-state index < -0.39 is 5.60 Å². The van der Waals surface area contributed by atoms with Crippen LogP contribution in [0.4, 0.5) is 0 Å². The van der Waals surface area contributed by atoms with Gasteiger partial charge >= 0.3 is 0 Å². The molecule has 0 spiro atoms. The maximum Gasteiger partial charge on any atom is 0.224 e. The summed E-state index contributed by atoms with van der Waals surface area (Å²) in [5, 5.41) is 12.7. The zero-order valence-corrected chi connectivity index (χ0v) is 10.6. The van der Waals surface area contributed by atoms with Crippen LogP contribution in [0, 0.1) is 5.92 Å². The molecular weight excluding hydrogens is 216 g/mol. The number of rotatable bonds is 5. The Morgan fingerprint density at radius 3 is 2.82 bits per heavy atom. The van der Waals surface area contributed by atoms with Crippen molar-refractivity contribution < 1.29 is 9.90 Å². The van der Waals surface area contributed by atoms with Gasteiger partial charge in [-0.15, -0.1) is 0 Å². The first kappa shape index (κ1) is 13.6. The molecular formula is C13H20N2O2. The molecule has 1 aromatic rings. The Bertz CT molecular complexity index is 361. The summed E-state index contributed by atoms with van der Waals surface area (Å²) in [5.41, 5.74) is -0.000818. The summed E-state index contributed by atoms with van der Waals surface area (Å²) < 4.78 is 0. The number of hydrogen-bond donors (Lipinski definition) is 2. The van der Waals surface area contributed by atoms with Crippen LogP contribution in [0.3, 0.4) is 0 Å². The molecule has 1 rings (SSSR count). The lowest BCUT2D eigenvalue weighted by molar-refractivity contribution is -0.122. The molecule has 94 valence electrons. The number of aliphatic hydroxyl groups is 1. The van der Waals surface area contributed by atoms with Gasteiger partial charge in [0.05, 0.1) is 12.0 Å². The zero-order chi connectivity index (χ0) is 12.9. The van der Waals surface area contributed by atoms with Gasteiger partial charge in [0.25, 0.3) is 0 Å². The highest BCUT2D eigenvalue weighted by Gasteiger charge is 2.25. The third-order valence-electron chi connectivity index (χ3n) is 2.97. The number of aromatic nitrogens is 1. The van der Waals surface area contributed by atoms with Gasteiger partial charge in [-0.25, -0.2) is 0 Å². The zero-order valence-electron chi connectivity index (χ0n) is 10.6. The minimum Gasteiger partial charge on any atom is -0.388 e. The maximum absolute atomic E-state index is 11.6. The average molecular weight is 236 g/mol. The Hall–Kier alpha value is -1.42. The van der Waals surface area contributed by atoms with Crippen molar-refractivity contribution in [2.75, 3.05) is 6.54 Å². The fraction of sp³-hybridized carbons (Fsp3) is 0.538. The molecule has 0 fully saturated rings. The fourth-order valence-electron chi connectivity index (χ4n) is 1.23. The quantitative estimate of drug-likeness (QED) is 0.806. The molecule has 0 aliphatic rings. The van der Waals surface area contributed by atoms with E-state index >= 15 is 0 Å². The van der Waals surface area contributed by atoms with Gasteiger partial charge in [0.2, 0.25) is 5.91 Å². The van der Waals surface area contributed by atoms with Gasteiger partial charge in [0.15, 0.2) is 0 Å². The number of nitrogens with one attached hydrogen (secondary N) is 1. The third-order valence-corrected chi connectivity index (χ3v) is 2.97. The second-order valence-electron chi connectivity index (χ2n) is 4.83. The number of hydrogen-bond acceptors (Lipinski definition) is 3. The first-order valence-electron chi connectivity index (χ1n) is 5.80. The molecule has 0 saturated heterocycles. The maximum atomic E-state index is 11.6. The number of carbonyl (C=O) groups is 1. The Balaban J connectivity index is 2.41. The van der Waals surface area contributed by atoms with Crippen molar-refractivity contribution in [2.45, 2.75) is 32.8 Å². The molecule has 17 heavy (non-hydrogen) atoms. The molecule has 4 nitrogen and oxygen atoms in total. The third kappa shape index (κ3) is 4.53. The van der Waals surface area contributed by atoms with Gasteiger partial charge in [-0.1, -0.05) is 19.9 Å². The number of pyridine rings is 1. The molecule has 0 bridgehead atoms. The number of nitrogens with zero attached hydrogens (tertiary/aromatic N) is 1. The Labute approximate surface area is 102 Å². The number of amides is 1. The van der Waals surface area contributed by atoms with E-state index in [1.807, 2.05) is 19.9 Å². The molecule has 4 heteroatoms. The first-order chi connectivity index (χ1) is 7.92. The largest absolute Gasteiger partial charge is 0.388 e. The Morgan fingerprint density at radius 2 is 2.29 bits per heavy atom. The molecule has 1 unspecified atom stereocenters. The van der Waals surface area contributed by atoms with Crippen molar-refractivity contribution >= 4 is 5.91 Å². The van der Waals surface area contributed by atoms with Gasteiger partial charge in [0, 0.05) is 18.9 Å².